The molecule has 0 spiro atoms. The lowest BCUT2D eigenvalue weighted by Gasteiger charge is -2.22. The highest BCUT2D eigenvalue weighted by molar-refractivity contribution is 5.31. The van der Waals surface area contributed by atoms with Gasteiger partial charge in [0.05, 0.1) is 11.6 Å². The van der Waals surface area contributed by atoms with Crippen molar-refractivity contribution in [1.29, 1.82) is 5.26 Å². The van der Waals surface area contributed by atoms with E-state index in [1.54, 1.807) is 17.7 Å². The lowest BCUT2D eigenvalue weighted by Crippen LogP contribution is -2.40. The van der Waals surface area contributed by atoms with E-state index in [-0.39, 0.29) is 11.2 Å². The fraction of sp³-hybridized carbons (Fsp3) is 0.450. The van der Waals surface area contributed by atoms with Gasteiger partial charge in [0.25, 0.3) is 5.56 Å². The Labute approximate surface area is 158 Å². The molecule has 27 heavy (non-hydrogen) atoms. The fourth-order valence-electron chi connectivity index (χ4n) is 3.44. The SMILES string of the molecule is Cn1c(CN2CCCN(Cc3ccc(C#N)cc3)CC2)cc(=O)n(C)c1=O. The van der Waals surface area contributed by atoms with Crippen LogP contribution in [0.1, 0.15) is 23.2 Å². The van der Waals surface area contributed by atoms with Gasteiger partial charge in [-0.3, -0.25) is 23.7 Å². The van der Waals surface area contributed by atoms with Crippen molar-refractivity contribution in [3.8, 4) is 6.07 Å². The van der Waals surface area contributed by atoms with Crippen molar-refractivity contribution < 1.29 is 0 Å². The Morgan fingerprint density at radius 1 is 0.926 bits per heavy atom. The molecular weight excluding hydrogens is 342 g/mol. The van der Waals surface area contributed by atoms with Gasteiger partial charge in [-0.05, 0) is 37.2 Å². The smallest absolute Gasteiger partial charge is 0.299 e. The van der Waals surface area contributed by atoms with E-state index in [0.717, 1.165) is 49.4 Å². The molecule has 0 unspecified atom stereocenters. The molecule has 0 aliphatic carbocycles. The highest BCUT2D eigenvalue weighted by Crippen LogP contribution is 2.11. The van der Waals surface area contributed by atoms with Crippen molar-refractivity contribution in [3.05, 3.63) is 68.0 Å². The van der Waals surface area contributed by atoms with E-state index < -0.39 is 0 Å². The molecule has 1 aromatic heterocycles. The average Bonchev–Trinajstić information content (AvgIpc) is 2.90. The Morgan fingerprint density at radius 3 is 2.19 bits per heavy atom. The topological polar surface area (TPSA) is 74.3 Å². The standard InChI is InChI=1S/C20H25N5O2/c1-22-18(12-19(26)23(2)20(22)27)15-25-9-3-8-24(10-11-25)14-17-6-4-16(13-21)5-7-17/h4-7,12H,3,8-11,14-15H2,1-2H3. The van der Waals surface area contributed by atoms with E-state index in [9.17, 15) is 9.59 Å². The van der Waals surface area contributed by atoms with Crippen LogP contribution in [0.25, 0.3) is 0 Å². The largest absolute Gasteiger partial charge is 0.330 e. The molecule has 0 radical (unpaired) electrons. The summed E-state index contributed by atoms with van der Waals surface area (Å²) in [4.78, 5) is 28.7. The minimum Gasteiger partial charge on any atom is -0.299 e. The van der Waals surface area contributed by atoms with Crippen LogP contribution in [0.15, 0.2) is 39.9 Å². The van der Waals surface area contributed by atoms with Crippen molar-refractivity contribution in [2.75, 3.05) is 26.2 Å². The molecule has 1 aliphatic rings. The van der Waals surface area contributed by atoms with Crippen LogP contribution in [-0.2, 0) is 27.2 Å². The second-order valence-corrected chi connectivity index (χ2v) is 7.09. The van der Waals surface area contributed by atoms with Crippen LogP contribution < -0.4 is 11.2 Å². The first-order valence-corrected chi connectivity index (χ1v) is 9.17. The highest BCUT2D eigenvalue weighted by Gasteiger charge is 2.17. The highest BCUT2D eigenvalue weighted by atomic mass is 16.2. The molecule has 0 saturated carbocycles. The molecule has 1 fully saturated rings. The van der Waals surface area contributed by atoms with E-state index in [2.05, 4.69) is 15.9 Å². The summed E-state index contributed by atoms with van der Waals surface area (Å²) in [7, 11) is 3.22. The molecule has 2 heterocycles. The minimum absolute atomic E-state index is 0.259. The Bertz CT molecular complexity index is 952. The summed E-state index contributed by atoms with van der Waals surface area (Å²) in [5.41, 5.74) is 2.10. The molecule has 1 aromatic carbocycles. The van der Waals surface area contributed by atoms with Gasteiger partial charge in [0.1, 0.15) is 0 Å². The molecule has 7 nitrogen and oxygen atoms in total. The van der Waals surface area contributed by atoms with E-state index >= 15 is 0 Å². The number of hydrogen-bond donors (Lipinski definition) is 0. The number of rotatable bonds is 4. The normalized spacial score (nSPS) is 16.0. The van der Waals surface area contributed by atoms with E-state index in [1.807, 2.05) is 24.3 Å². The zero-order chi connectivity index (χ0) is 19.4. The van der Waals surface area contributed by atoms with Crippen LogP contribution in [0.5, 0.6) is 0 Å². The summed E-state index contributed by atoms with van der Waals surface area (Å²) in [5.74, 6) is 0. The van der Waals surface area contributed by atoms with Crippen LogP contribution in [0, 0.1) is 11.3 Å². The lowest BCUT2D eigenvalue weighted by atomic mass is 10.1. The molecule has 3 rings (SSSR count). The molecular formula is C20H25N5O2. The number of nitrogens with zero attached hydrogens (tertiary/aromatic N) is 5. The quantitative estimate of drug-likeness (QED) is 0.794. The maximum absolute atomic E-state index is 12.1. The van der Waals surface area contributed by atoms with Gasteiger partial charge in [0.15, 0.2) is 0 Å². The third kappa shape index (κ3) is 4.54. The zero-order valence-electron chi connectivity index (χ0n) is 15.9. The fourth-order valence-corrected chi connectivity index (χ4v) is 3.44. The van der Waals surface area contributed by atoms with Crippen LogP contribution in [0.3, 0.4) is 0 Å². The van der Waals surface area contributed by atoms with Gasteiger partial charge in [-0.25, -0.2) is 4.79 Å². The van der Waals surface area contributed by atoms with E-state index in [4.69, 9.17) is 5.26 Å². The number of nitriles is 1. The average molecular weight is 367 g/mol. The second kappa shape index (κ2) is 8.33. The summed E-state index contributed by atoms with van der Waals surface area (Å²) in [6.45, 7) is 5.23. The van der Waals surface area contributed by atoms with E-state index in [1.165, 1.54) is 12.6 Å². The van der Waals surface area contributed by atoms with Gasteiger partial charge in [-0.2, -0.15) is 5.26 Å². The van der Waals surface area contributed by atoms with Gasteiger partial charge in [0, 0.05) is 52.0 Å². The molecule has 1 saturated heterocycles. The third-order valence-corrected chi connectivity index (χ3v) is 5.18. The third-order valence-electron chi connectivity index (χ3n) is 5.18. The summed E-state index contributed by atoms with van der Waals surface area (Å²) in [5, 5.41) is 8.90. The van der Waals surface area contributed by atoms with Gasteiger partial charge in [-0.15, -0.1) is 0 Å². The Hall–Kier alpha value is -2.69. The summed E-state index contributed by atoms with van der Waals surface area (Å²) in [6, 6.07) is 11.4. The maximum Gasteiger partial charge on any atom is 0.330 e. The van der Waals surface area contributed by atoms with E-state index in [0.29, 0.717) is 12.1 Å². The van der Waals surface area contributed by atoms with Crippen molar-refractivity contribution in [1.82, 2.24) is 18.9 Å². The van der Waals surface area contributed by atoms with Gasteiger partial charge in [0.2, 0.25) is 0 Å². The molecule has 0 N–H and O–H groups in total. The predicted molar refractivity (Wildman–Crippen MR) is 103 cm³/mol. The van der Waals surface area contributed by atoms with Crippen molar-refractivity contribution >= 4 is 0 Å². The van der Waals surface area contributed by atoms with Gasteiger partial charge >= 0.3 is 5.69 Å². The molecule has 0 atom stereocenters. The first-order valence-electron chi connectivity index (χ1n) is 9.17. The van der Waals surface area contributed by atoms with Crippen molar-refractivity contribution in [3.63, 3.8) is 0 Å². The molecule has 2 aromatic rings. The van der Waals surface area contributed by atoms with Gasteiger partial charge in [-0.1, -0.05) is 12.1 Å². The Kier molecular flexibility index (Phi) is 5.89. The van der Waals surface area contributed by atoms with Crippen molar-refractivity contribution in [2.24, 2.45) is 14.1 Å². The van der Waals surface area contributed by atoms with Crippen LogP contribution in [0.2, 0.25) is 0 Å². The number of aromatic nitrogens is 2. The number of benzene rings is 1. The maximum atomic E-state index is 12.1. The zero-order valence-corrected chi connectivity index (χ0v) is 15.9. The van der Waals surface area contributed by atoms with Crippen LogP contribution >= 0.6 is 0 Å². The minimum atomic E-state index is -0.283. The second-order valence-electron chi connectivity index (χ2n) is 7.09. The summed E-state index contributed by atoms with van der Waals surface area (Å²) >= 11 is 0. The number of hydrogen-bond acceptors (Lipinski definition) is 5. The molecule has 142 valence electrons. The summed E-state index contributed by atoms with van der Waals surface area (Å²) < 4.78 is 2.69. The van der Waals surface area contributed by atoms with Crippen LogP contribution in [-0.4, -0.2) is 45.1 Å². The molecule has 0 amide bonds. The van der Waals surface area contributed by atoms with Crippen LogP contribution in [0.4, 0.5) is 0 Å². The molecule has 7 heteroatoms. The first-order chi connectivity index (χ1) is 13.0. The van der Waals surface area contributed by atoms with Crippen molar-refractivity contribution in [2.45, 2.75) is 19.5 Å². The lowest BCUT2D eigenvalue weighted by molar-refractivity contribution is 0.243. The summed E-state index contributed by atoms with van der Waals surface area (Å²) in [6.07, 6.45) is 1.04. The first kappa shape index (κ1) is 19.1. The Morgan fingerprint density at radius 2 is 1.56 bits per heavy atom. The Balaban J connectivity index is 1.62. The molecule has 1 aliphatic heterocycles. The monoisotopic (exact) mass is 367 g/mol. The predicted octanol–water partition coefficient (Wildman–Crippen LogP) is 0.664. The van der Waals surface area contributed by atoms with Gasteiger partial charge < -0.3 is 0 Å². The molecule has 0 bridgehead atoms.